The van der Waals surface area contributed by atoms with Gasteiger partial charge in [0.1, 0.15) is 5.82 Å². The Morgan fingerprint density at radius 2 is 2.20 bits per heavy atom. The summed E-state index contributed by atoms with van der Waals surface area (Å²) in [7, 11) is 0. The molecule has 15 heavy (non-hydrogen) atoms. The third-order valence-corrected chi connectivity index (χ3v) is 4.60. The zero-order valence-electron chi connectivity index (χ0n) is 9.84. The smallest absolute Gasteiger partial charge is 0.120 e. The Labute approximate surface area is 96.5 Å². The van der Waals surface area contributed by atoms with Gasteiger partial charge >= 0.3 is 0 Å². The fourth-order valence-electron chi connectivity index (χ4n) is 1.66. The molecule has 2 N–H and O–H groups in total. The van der Waals surface area contributed by atoms with Gasteiger partial charge in [-0.2, -0.15) is 11.8 Å². The molecule has 0 saturated carbocycles. The molecule has 0 aliphatic carbocycles. The van der Waals surface area contributed by atoms with Crippen molar-refractivity contribution in [3.05, 3.63) is 18.2 Å². The number of nitrogens with zero attached hydrogens (tertiary/aromatic N) is 1. The monoisotopic (exact) mass is 227 g/mol. The Balaban J connectivity index is 2.34. The molecular formula is C11H21N3S. The Morgan fingerprint density at radius 1 is 1.47 bits per heavy atom. The van der Waals surface area contributed by atoms with Crippen molar-refractivity contribution in [3.63, 3.8) is 0 Å². The first-order chi connectivity index (χ1) is 7.26. The third kappa shape index (κ3) is 3.54. The molecule has 0 aliphatic rings. The van der Waals surface area contributed by atoms with E-state index in [9.17, 15) is 0 Å². The SMILES string of the molecule is CCC(CC)(CNCc1ncc[nH]1)SC. The first-order valence-corrected chi connectivity index (χ1v) is 6.73. The molecule has 0 aromatic carbocycles. The summed E-state index contributed by atoms with van der Waals surface area (Å²) in [5.41, 5.74) is 0. The second kappa shape index (κ2) is 6.18. The highest BCUT2D eigenvalue weighted by Crippen LogP contribution is 2.29. The zero-order chi connectivity index (χ0) is 11.1. The quantitative estimate of drug-likeness (QED) is 0.751. The molecule has 1 aromatic heterocycles. The Hall–Kier alpha value is -0.480. The van der Waals surface area contributed by atoms with Crippen molar-refractivity contribution in [1.29, 1.82) is 0 Å². The van der Waals surface area contributed by atoms with Crippen molar-refractivity contribution < 1.29 is 0 Å². The van der Waals surface area contributed by atoms with Crippen LogP contribution in [0.25, 0.3) is 0 Å². The average molecular weight is 227 g/mol. The van der Waals surface area contributed by atoms with Crippen LogP contribution in [0.4, 0.5) is 0 Å². The highest BCUT2D eigenvalue weighted by molar-refractivity contribution is 8.00. The van der Waals surface area contributed by atoms with Crippen LogP contribution in [-0.4, -0.2) is 27.5 Å². The summed E-state index contributed by atoms with van der Waals surface area (Å²) in [6.45, 7) is 6.39. The number of aromatic amines is 1. The minimum Gasteiger partial charge on any atom is -0.348 e. The number of aromatic nitrogens is 2. The van der Waals surface area contributed by atoms with Gasteiger partial charge in [0.05, 0.1) is 6.54 Å². The van der Waals surface area contributed by atoms with Gasteiger partial charge in [0.15, 0.2) is 0 Å². The minimum absolute atomic E-state index is 0.382. The predicted molar refractivity (Wildman–Crippen MR) is 67.1 cm³/mol. The molecule has 1 rings (SSSR count). The van der Waals surface area contributed by atoms with E-state index >= 15 is 0 Å². The number of thioether (sulfide) groups is 1. The maximum Gasteiger partial charge on any atom is 0.120 e. The molecule has 3 nitrogen and oxygen atoms in total. The number of H-pyrrole nitrogens is 1. The van der Waals surface area contributed by atoms with Gasteiger partial charge in [-0.1, -0.05) is 13.8 Å². The Bertz CT molecular complexity index is 247. The molecule has 0 bridgehead atoms. The maximum atomic E-state index is 4.19. The van der Waals surface area contributed by atoms with E-state index in [-0.39, 0.29) is 0 Å². The van der Waals surface area contributed by atoms with Crippen molar-refractivity contribution in [2.45, 2.75) is 38.0 Å². The molecule has 0 fully saturated rings. The lowest BCUT2D eigenvalue weighted by atomic mass is 10.0. The molecule has 1 heterocycles. The van der Waals surface area contributed by atoms with Gasteiger partial charge in [-0.15, -0.1) is 0 Å². The number of hydrogen-bond donors (Lipinski definition) is 2. The van der Waals surface area contributed by atoms with Crippen LogP contribution in [0.15, 0.2) is 12.4 Å². The third-order valence-electron chi connectivity index (χ3n) is 3.02. The molecule has 4 heteroatoms. The van der Waals surface area contributed by atoms with E-state index < -0.39 is 0 Å². The van der Waals surface area contributed by atoms with Gasteiger partial charge < -0.3 is 10.3 Å². The molecule has 0 aliphatic heterocycles. The molecule has 0 spiro atoms. The van der Waals surface area contributed by atoms with Crippen molar-refractivity contribution >= 4 is 11.8 Å². The summed E-state index contributed by atoms with van der Waals surface area (Å²) in [4.78, 5) is 7.29. The lowest BCUT2D eigenvalue weighted by molar-refractivity contribution is 0.491. The standard InChI is InChI=1S/C11H21N3S/c1-4-11(5-2,15-3)9-12-8-10-13-6-7-14-10/h6-7,12H,4-5,8-9H2,1-3H3,(H,13,14). The largest absolute Gasteiger partial charge is 0.348 e. The normalized spacial score (nSPS) is 11.9. The second-order valence-electron chi connectivity index (χ2n) is 3.73. The van der Waals surface area contributed by atoms with Crippen LogP contribution in [-0.2, 0) is 6.54 Å². The van der Waals surface area contributed by atoms with Crippen LogP contribution in [0.1, 0.15) is 32.5 Å². The number of hydrogen-bond acceptors (Lipinski definition) is 3. The van der Waals surface area contributed by atoms with Gasteiger partial charge in [-0.05, 0) is 19.1 Å². The molecule has 0 amide bonds. The Kier molecular flexibility index (Phi) is 5.19. The van der Waals surface area contributed by atoms with Crippen LogP contribution in [0.3, 0.4) is 0 Å². The maximum absolute atomic E-state index is 4.19. The summed E-state index contributed by atoms with van der Waals surface area (Å²) >= 11 is 1.96. The van der Waals surface area contributed by atoms with E-state index in [4.69, 9.17) is 0 Å². The molecule has 0 saturated heterocycles. The zero-order valence-corrected chi connectivity index (χ0v) is 10.7. The van der Waals surface area contributed by atoms with Gasteiger partial charge in [-0.3, -0.25) is 0 Å². The highest BCUT2D eigenvalue weighted by atomic mass is 32.2. The number of rotatable bonds is 7. The van der Waals surface area contributed by atoms with Gasteiger partial charge in [0, 0.05) is 23.7 Å². The van der Waals surface area contributed by atoms with Crippen LogP contribution in [0.2, 0.25) is 0 Å². The van der Waals surface area contributed by atoms with E-state index in [0.29, 0.717) is 4.75 Å². The van der Waals surface area contributed by atoms with Gasteiger partial charge in [-0.25, -0.2) is 4.98 Å². The summed E-state index contributed by atoms with van der Waals surface area (Å²) in [6, 6.07) is 0. The van der Waals surface area contributed by atoms with Crippen LogP contribution >= 0.6 is 11.8 Å². The van der Waals surface area contributed by atoms with Crippen molar-refractivity contribution in [2.24, 2.45) is 0 Å². The van der Waals surface area contributed by atoms with Gasteiger partial charge in [0.25, 0.3) is 0 Å². The van der Waals surface area contributed by atoms with Crippen LogP contribution in [0.5, 0.6) is 0 Å². The molecule has 0 unspecified atom stereocenters. The lowest BCUT2D eigenvalue weighted by Crippen LogP contribution is -2.36. The fraction of sp³-hybridized carbons (Fsp3) is 0.727. The van der Waals surface area contributed by atoms with Crippen LogP contribution < -0.4 is 5.32 Å². The van der Waals surface area contributed by atoms with Gasteiger partial charge in [0.2, 0.25) is 0 Å². The molecule has 0 atom stereocenters. The van der Waals surface area contributed by atoms with E-state index in [2.05, 4.69) is 35.4 Å². The van der Waals surface area contributed by atoms with Crippen molar-refractivity contribution in [1.82, 2.24) is 15.3 Å². The summed E-state index contributed by atoms with van der Waals surface area (Å²) in [5.74, 6) is 1.01. The number of imidazole rings is 1. The van der Waals surface area contributed by atoms with Crippen LogP contribution in [0, 0.1) is 0 Å². The Morgan fingerprint density at radius 3 is 2.67 bits per heavy atom. The summed E-state index contributed by atoms with van der Waals surface area (Å²) in [5, 5.41) is 3.47. The minimum atomic E-state index is 0.382. The summed E-state index contributed by atoms with van der Waals surface area (Å²) < 4.78 is 0.382. The van der Waals surface area contributed by atoms with E-state index in [1.807, 2.05) is 18.0 Å². The van der Waals surface area contributed by atoms with Crippen molar-refractivity contribution in [2.75, 3.05) is 12.8 Å². The van der Waals surface area contributed by atoms with E-state index in [1.54, 1.807) is 6.20 Å². The van der Waals surface area contributed by atoms with E-state index in [0.717, 1.165) is 18.9 Å². The lowest BCUT2D eigenvalue weighted by Gasteiger charge is -2.29. The second-order valence-corrected chi connectivity index (χ2v) is 5.01. The first-order valence-electron chi connectivity index (χ1n) is 5.50. The fourth-order valence-corrected chi connectivity index (χ4v) is 2.49. The molecule has 86 valence electrons. The molecular weight excluding hydrogens is 206 g/mol. The first kappa shape index (κ1) is 12.6. The van der Waals surface area contributed by atoms with Crippen molar-refractivity contribution in [3.8, 4) is 0 Å². The number of nitrogens with one attached hydrogen (secondary N) is 2. The highest BCUT2D eigenvalue weighted by Gasteiger charge is 2.23. The average Bonchev–Trinajstić information content (AvgIpc) is 2.78. The van der Waals surface area contributed by atoms with E-state index in [1.165, 1.54) is 12.8 Å². The summed E-state index contributed by atoms with van der Waals surface area (Å²) in [6.07, 6.45) is 8.25. The molecule has 0 radical (unpaired) electrons. The molecule has 1 aromatic rings. The predicted octanol–water partition coefficient (Wildman–Crippen LogP) is 2.42. The topological polar surface area (TPSA) is 40.7 Å².